The van der Waals surface area contributed by atoms with Crippen LogP contribution in [0.1, 0.15) is 15.9 Å². The van der Waals surface area contributed by atoms with E-state index in [1.165, 1.54) is 0 Å². The summed E-state index contributed by atoms with van der Waals surface area (Å²) in [6, 6.07) is 10.3. The van der Waals surface area contributed by atoms with Crippen LogP contribution in [0.3, 0.4) is 0 Å². The molecule has 0 fully saturated rings. The predicted molar refractivity (Wildman–Crippen MR) is 97.1 cm³/mol. The van der Waals surface area contributed by atoms with Crippen molar-refractivity contribution >= 4 is 72.3 Å². The summed E-state index contributed by atoms with van der Waals surface area (Å²) in [5, 5.41) is 3.27. The maximum absolute atomic E-state index is 12.4. The molecule has 0 aliphatic rings. The highest BCUT2D eigenvalue weighted by Crippen LogP contribution is 2.25. The molecule has 108 valence electrons. The normalized spacial score (nSPS) is 10.2. The highest BCUT2D eigenvalue weighted by Gasteiger charge is 2.14. The average Bonchev–Trinajstić information content (AvgIpc) is 2.43. The lowest BCUT2D eigenvalue weighted by atomic mass is 10.1. The SMILES string of the molecule is NC(=S)c1cc(Br)ccc1NC(=O)c1cc(Cl)ccc1Br. The van der Waals surface area contributed by atoms with Gasteiger partial charge >= 0.3 is 0 Å². The van der Waals surface area contributed by atoms with Crippen LogP contribution in [-0.4, -0.2) is 10.9 Å². The van der Waals surface area contributed by atoms with E-state index >= 15 is 0 Å². The number of anilines is 1. The van der Waals surface area contributed by atoms with Crippen molar-refractivity contribution in [1.29, 1.82) is 0 Å². The maximum atomic E-state index is 12.4. The molecular weight excluding hydrogens is 439 g/mol. The highest BCUT2D eigenvalue weighted by atomic mass is 79.9. The summed E-state index contributed by atoms with van der Waals surface area (Å²) < 4.78 is 1.48. The molecule has 0 unspecified atom stereocenters. The second-order valence-corrected chi connectivity index (χ2v) is 6.78. The Kier molecular flexibility index (Phi) is 5.37. The van der Waals surface area contributed by atoms with Gasteiger partial charge in [0.2, 0.25) is 0 Å². The average molecular weight is 449 g/mol. The molecule has 2 aromatic rings. The Balaban J connectivity index is 2.36. The molecule has 0 heterocycles. The Labute approximate surface area is 149 Å². The van der Waals surface area contributed by atoms with Crippen molar-refractivity contribution in [2.45, 2.75) is 0 Å². The van der Waals surface area contributed by atoms with Crippen LogP contribution in [0.15, 0.2) is 45.3 Å². The molecule has 0 saturated heterocycles. The molecule has 2 aromatic carbocycles. The topological polar surface area (TPSA) is 55.1 Å². The van der Waals surface area contributed by atoms with Gasteiger partial charge in [-0.05, 0) is 52.3 Å². The van der Waals surface area contributed by atoms with Crippen LogP contribution in [-0.2, 0) is 0 Å². The van der Waals surface area contributed by atoms with Crippen molar-refractivity contribution in [3.05, 3.63) is 61.5 Å². The molecule has 0 aliphatic carbocycles. The lowest BCUT2D eigenvalue weighted by Gasteiger charge is -2.11. The van der Waals surface area contributed by atoms with Gasteiger partial charge in [-0.2, -0.15) is 0 Å². The zero-order valence-electron chi connectivity index (χ0n) is 10.5. The molecule has 0 radical (unpaired) electrons. The second-order valence-electron chi connectivity index (χ2n) is 4.13. The summed E-state index contributed by atoms with van der Waals surface area (Å²) in [5.74, 6) is -0.302. The van der Waals surface area contributed by atoms with Gasteiger partial charge in [-0.15, -0.1) is 0 Å². The number of rotatable bonds is 3. The van der Waals surface area contributed by atoms with E-state index in [0.29, 0.717) is 26.3 Å². The fourth-order valence-corrected chi connectivity index (χ4v) is 2.82. The molecule has 0 bridgehead atoms. The number of carbonyl (C=O) groups excluding carboxylic acids is 1. The van der Waals surface area contributed by atoms with Crippen molar-refractivity contribution < 1.29 is 4.79 Å². The fraction of sp³-hybridized carbons (Fsp3) is 0. The smallest absolute Gasteiger partial charge is 0.256 e. The van der Waals surface area contributed by atoms with E-state index in [1.54, 1.807) is 36.4 Å². The molecule has 2 rings (SSSR count). The first kappa shape index (κ1) is 16.4. The first-order chi connectivity index (χ1) is 9.88. The quantitative estimate of drug-likeness (QED) is 0.666. The van der Waals surface area contributed by atoms with Crippen LogP contribution >= 0.6 is 55.7 Å². The number of nitrogens with two attached hydrogens (primary N) is 1. The van der Waals surface area contributed by atoms with Crippen molar-refractivity contribution in [2.24, 2.45) is 5.73 Å². The van der Waals surface area contributed by atoms with Crippen LogP contribution in [0.2, 0.25) is 5.02 Å². The molecule has 0 saturated carbocycles. The Morgan fingerprint density at radius 1 is 1.14 bits per heavy atom. The molecule has 7 heteroatoms. The summed E-state index contributed by atoms with van der Waals surface area (Å²) in [4.78, 5) is 12.6. The summed E-state index contributed by atoms with van der Waals surface area (Å²) >= 11 is 17.6. The number of amides is 1. The first-order valence-corrected chi connectivity index (χ1v) is 8.11. The van der Waals surface area contributed by atoms with E-state index < -0.39 is 0 Å². The lowest BCUT2D eigenvalue weighted by molar-refractivity contribution is 0.102. The van der Waals surface area contributed by atoms with E-state index in [9.17, 15) is 4.79 Å². The number of hydrogen-bond donors (Lipinski definition) is 2. The molecule has 3 N–H and O–H groups in total. The second kappa shape index (κ2) is 6.87. The van der Waals surface area contributed by atoms with Gasteiger partial charge in [0.05, 0.1) is 11.3 Å². The zero-order valence-corrected chi connectivity index (χ0v) is 15.2. The van der Waals surface area contributed by atoms with Gasteiger partial charge in [0.25, 0.3) is 5.91 Å². The van der Waals surface area contributed by atoms with Gasteiger partial charge in [-0.25, -0.2) is 0 Å². The van der Waals surface area contributed by atoms with Gasteiger partial charge in [0, 0.05) is 19.5 Å². The number of nitrogens with one attached hydrogen (secondary N) is 1. The summed E-state index contributed by atoms with van der Waals surface area (Å²) in [5.41, 5.74) is 7.24. The first-order valence-electron chi connectivity index (χ1n) is 5.74. The molecule has 1 amide bonds. The highest BCUT2D eigenvalue weighted by molar-refractivity contribution is 9.10. The zero-order chi connectivity index (χ0) is 15.6. The Morgan fingerprint density at radius 3 is 2.52 bits per heavy atom. The van der Waals surface area contributed by atoms with Gasteiger partial charge in [0.15, 0.2) is 0 Å². The standard InChI is InChI=1S/C14H9Br2ClN2OS/c15-7-1-4-12(10(5-7)13(18)21)19-14(20)9-6-8(17)2-3-11(9)16/h1-6H,(H2,18,21)(H,19,20). The van der Waals surface area contributed by atoms with E-state index in [1.807, 2.05) is 0 Å². The molecule has 0 aromatic heterocycles. The molecule has 21 heavy (non-hydrogen) atoms. The van der Waals surface area contributed by atoms with Crippen LogP contribution < -0.4 is 11.1 Å². The third-order valence-corrected chi connectivity index (χ3v) is 4.31. The number of carbonyl (C=O) groups is 1. The molecule has 0 aliphatic heterocycles. The van der Waals surface area contributed by atoms with Gasteiger partial charge in [-0.3, -0.25) is 4.79 Å². The van der Waals surface area contributed by atoms with Gasteiger partial charge < -0.3 is 11.1 Å². The van der Waals surface area contributed by atoms with E-state index in [2.05, 4.69) is 37.2 Å². The summed E-state index contributed by atoms with van der Waals surface area (Å²) in [6.07, 6.45) is 0. The molecule has 0 spiro atoms. The summed E-state index contributed by atoms with van der Waals surface area (Å²) in [6.45, 7) is 0. The predicted octanol–water partition coefficient (Wildman–Crippen LogP) is 4.75. The number of halogens is 3. The van der Waals surface area contributed by atoms with Crippen LogP contribution in [0.5, 0.6) is 0 Å². The van der Waals surface area contributed by atoms with Crippen LogP contribution in [0.25, 0.3) is 0 Å². The Bertz CT molecular complexity index is 737. The van der Waals surface area contributed by atoms with Crippen LogP contribution in [0.4, 0.5) is 5.69 Å². The van der Waals surface area contributed by atoms with E-state index in [4.69, 9.17) is 29.6 Å². The minimum absolute atomic E-state index is 0.205. The van der Waals surface area contributed by atoms with E-state index in [0.717, 1.165) is 4.47 Å². The van der Waals surface area contributed by atoms with Crippen molar-refractivity contribution in [3.63, 3.8) is 0 Å². The van der Waals surface area contributed by atoms with E-state index in [-0.39, 0.29) is 10.9 Å². The third-order valence-electron chi connectivity index (χ3n) is 2.67. The monoisotopic (exact) mass is 446 g/mol. The number of thiocarbonyl (C=S) groups is 1. The Morgan fingerprint density at radius 2 is 1.86 bits per heavy atom. The third kappa shape index (κ3) is 4.03. The molecular formula is C14H9Br2ClN2OS. The van der Waals surface area contributed by atoms with Crippen molar-refractivity contribution in [1.82, 2.24) is 0 Å². The minimum atomic E-state index is -0.302. The maximum Gasteiger partial charge on any atom is 0.256 e. The van der Waals surface area contributed by atoms with Gasteiger partial charge in [-0.1, -0.05) is 39.7 Å². The van der Waals surface area contributed by atoms with Gasteiger partial charge in [0.1, 0.15) is 4.99 Å². The number of hydrogen-bond acceptors (Lipinski definition) is 2. The Hall–Kier alpha value is -0.950. The number of benzene rings is 2. The van der Waals surface area contributed by atoms with Crippen molar-refractivity contribution in [3.8, 4) is 0 Å². The molecule has 0 atom stereocenters. The largest absolute Gasteiger partial charge is 0.389 e. The lowest BCUT2D eigenvalue weighted by Crippen LogP contribution is -2.18. The van der Waals surface area contributed by atoms with Crippen molar-refractivity contribution in [2.75, 3.05) is 5.32 Å². The molecule has 3 nitrogen and oxygen atoms in total. The van der Waals surface area contributed by atoms with Crippen LogP contribution in [0, 0.1) is 0 Å². The summed E-state index contributed by atoms with van der Waals surface area (Å²) in [7, 11) is 0. The fourth-order valence-electron chi connectivity index (χ4n) is 1.69. The minimum Gasteiger partial charge on any atom is -0.389 e.